The van der Waals surface area contributed by atoms with Gasteiger partial charge in [-0.15, -0.1) is 5.10 Å². The van der Waals surface area contributed by atoms with E-state index in [1.165, 1.54) is 28.2 Å². The van der Waals surface area contributed by atoms with Crippen molar-refractivity contribution in [3.8, 4) is 17.0 Å². The summed E-state index contributed by atoms with van der Waals surface area (Å²) in [6.45, 7) is 5.33. The molecule has 5 rings (SSSR count). The highest BCUT2D eigenvalue weighted by Crippen LogP contribution is 2.34. The molecule has 152 valence electrons. The molecule has 2 aromatic heterocycles. The Balaban J connectivity index is 1.46. The molecule has 0 bridgehead atoms. The topological polar surface area (TPSA) is 77.9 Å². The van der Waals surface area contributed by atoms with Crippen LogP contribution in [-0.2, 0) is 20.1 Å². The maximum Gasteiger partial charge on any atom is 0.331 e. The number of hydrogen-bond acceptors (Lipinski definition) is 4. The molecule has 1 saturated carbocycles. The van der Waals surface area contributed by atoms with E-state index in [1.54, 1.807) is 7.05 Å². The number of imidazole rings is 1. The van der Waals surface area contributed by atoms with Crippen LogP contribution in [0.2, 0.25) is 0 Å². The fourth-order valence-corrected chi connectivity index (χ4v) is 3.87. The van der Waals surface area contributed by atoms with Gasteiger partial charge in [0.25, 0.3) is 0 Å². The van der Waals surface area contributed by atoms with Crippen LogP contribution >= 0.6 is 0 Å². The Morgan fingerprint density at radius 2 is 1.97 bits per heavy atom. The molecule has 30 heavy (non-hydrogen) atoms. The SMILES string of the molecule is C=Cc1c(-c2ccc(Cn3cc(O)n(C)c3=O)cc2)ccc2c1nnn2CC1CC1. The molecule has 2 heterocycles. The van der Waals surface area contributed by atoms with E-state index in [2.05, 4.69) is 29.0 Å². The minimum atomic E-state index is -0.245. The van der Waals surface area contributed by atoms with Gasteiger partial charge in [-0.05, 0) is 41.5 Å². The number of aromatic hydroxyl groups is 1. The average molecular weight is 401 g/mol. The van der Waals surface area contributed by atoms with Crippen molar-refractivity contribution in [2.24, 2.45) is 13.0 Å². The molecule has 0 spiro atoms. The Hall–Kier alpha value is -3.61. The quantitative estimate of drug-likeness (QED) is 0.537. The Bertz CT molecular complexity index is 1310. The number of rotatable bonds is 6. The predicted octanol–water partition coefficient (Wildman–Crippen LogP) is 3.41. The van der Waals surface area contributed by atoms with E-state index in [0.717, 1.165) is 45.7 Å². The van der Waals surface area contributed by atoms with Gasteiger partial charge in [0, 0.05) is 19.2 Å². The molecule has 1 N–H and O–H groups in total. The van der Waals surface area contributed by atoms with Crippen molar-refractivity contribution in [2.45, 2.75) is 25.9 Å². The largest absolute Gasteiger partial charge is 0.493 e. The first kappa shape index (κ1) is 18.4. The number of nitrogens with zero attached hydrogens (tertiary/aromatic N) is 5. The minimum absolute atomic E-state index is 0.0460. The van der Waals surface area contributed by atoms with Gasteiger partial charge in [-0.25, -0.2) is 9.48 Å². The smallest absolute Gasteiger partial charge is 0.331 e. The predicted molar refractivity (Wildman–Crippen MR) is 116 cm³/mol. The third kappa shape index (κ3) is 3.12. The molecule has 1 fully saturated rings. The van der Waals surface area contributed by atoms with Crippen molar-refractivity contribution < 1.29 is 5.11 Å². The van der Waals surface area contributed by atoms with Gasteiger partial charge in [0.05, 0.1) is 18.3 Å². The second-order valence-electron chi connectivity index (χ2n) is 7.97. The summed E-state index contributed by atoms with van der Waals surface area (Å²) in [5, 5.41) is 18.5. The van der Waals surface area contributed by atoms with E-state index >= 15 is 0 Å². The Morgan fingerprint density at radius 1 is 1.20 bits per heavy atom. The molecule has 1 aliphatic rings. The standard InChI is InChI=1S/C23H23N5O2/c1-3-18-19(10-11-20-22(18)24-25-28(20)13-16-4-5-16)17-8-6-15(7-9-17)12-27-14-21(29)26(2)23(27)30/h3,6-11,14,16,29H,1,4-5,12-13H2,2H3. The fraction of sp³-hybridized carbons (Fsp3) is 0.261. The molecule has 0 atom stereocenters. The lowest BCUT2D eigenvalue weighted by Crippen LogP contribution is -2.22. The van der Waals surface area contributed by atoms with Gasteiger partial charge in [-0.1, -0.05) is 48.2 Å². The summed E-state index contributed by atoms with van der Waals surface area (Å²) in [5.41, 5.74) is 5.73. The summed E-state index contributed by atoms with van der Waals surface area (Å²) < 4.78 is 4.71. The zero-order valence-corrected chi connectivity index (χ0v) is 16.8. The van der Waals surface area contributed by atoms with Crippen molar-refractivity contribution in [1.82, 2.24) is 24.1 Å². The molecule has 0 unspecified atom stereocenters. The van der Waals surface area contributed by atoms with Gasteiger partial charge >= 0.3 is 5.69 Å². The van der Waals surface area contributed by atoms with Gasteiger partial charge in [0.2, 0.25) is 5.88 Å². The zero-order valence-electron chi connectivity index (χ0n) is 16.8. The summed E-state index contributed by atoms with van der Waals surface area (Å²) in [4.78, 5) is 12.1. The van der Waals surface area contributed by atoms with Gasteiger partial charge in [0.15, 0.2) is 0 Å². The number of hydrogen-bond donors (Lipinski definition) is 1. The highest BCUT2D eigenvalue weighted by atomic mass is 16.3. The normalized spacial score (nSPS) is 13.8. The van der Waals surface area contributed by atoms with Gasteiger partial charge in [-0.3, -0.25) is 9.13 Å². The molecule has 1 aliphatic carbocycles. The summed E-state index contributed by atoms with van der Waals surface area (Å²) in [6.07, 6.45) is 5.84. The lowest BCUT2D eigenvalue weighted by molar-refractivity contribution is 0.429. The van der Waals surface area contributed by atoms with Crippen molar-refractivity contribution in [1.29, 1.82) is 0 Å². The van der Waals surface area contributed by atoms with E-state index in [4.69, 9.17) is 0 Å². The Morgan fingerprint density at radius 3 is 2.60 bits per heavy atom. The first-order valence-corrected chi connectivity index (χ1v) is 10.1. The third-order valence-electron chi connectivity index (χ3n) is 5.82. The fourth-order valence-electron chi connectivity index (χ4n) is 3.87. The van der Waals surface area contributed by atoms with Crippen LogP contribution in [0.1, 0.15) is 24.0 Å². The minimum Gasteiger partial charge on any atom is -0.493 e. The van der Waals surface area contributed by atoms with E-state index in [0.29, 0.717) is 6.54 Å². The van der Waals surface area contributed by atoms with Crippen molar-refractivity contribution >= 4 is 17.1 Å². The number of aromatic nitrogens is 5. The molecule has 4 aromatic rings. The van der Waals surface area contributed by atoms with Gasteiger partial charge in [-0.2, -0.15) is 0 Å². The first-order chi connectivity index (χ1) is 14.5. The van der Waals surface area contributed by atoms with Crippen LogP contribution in [0, 0.1) is 5.92 Å². The van der Waals surface area contributed by atoms with Crippen molar-refractivity contribution in [3.05, 3.63) is 70.8 Å². The van der Waals surface area contributed by atoms with E-state index in [-0.39, 0.29) is 11.6 Å². The average Bonchev–Trinajstić information content (AvgIpc) is 3.44. The third-order valence-corrected chi connectivity index (χ3v) is 5.82. The second kappa shape index (κ2) is 7.02. The highest BCUT2D eigenvalue weighted by Gasteiger charge is 2.23. The molecule has 7 heteroatoms. The summed E-state index contributed by atoms with van der Waals surface area (Å²) in [7, 11) is 1.55. The number of benzene rings is 2. The van der Waals surface area contributed by atoms with E-state index < -0.39 is 0 Å². The molecule has 7 nitrogen and oxygen atoms in total. The molecular formula is C23H23N5O2. The molecule has 0 saturated heterocycles. The molecule has 0 radical (unpaired) electrons. The molecule has 0 amide bonds. The summed E-state index contributed by atoms with van der Waals surface area (Å²) >= 11 is 0. The lowest BCUT2D eigenvalue weighted by Gasteiger charge is -2.09. The molecule has 2 aromatic carbocycles. The van der Waals surface area contributed by atoms with Crippen LogP contribution in [0.3, 0.4) is 0 Å². The van der Waals surface area contributed by atoms with Crippen LogP contribution in [0.4, 0.5) is 0 Å². The van der Waals surface area contributed by atoms with E-state index in [1.807, 2.05) is 35.0 Å². The van der Waals surface area contributed by atoms with Crippen LogP contribution < -0.4 is 5.69 Å². The van der Waals surface area contributed by atoms with Gasteiger partial charge in [0.1, 0.15) is 5.52 Å². The Kier molecular flexibility index (Phi) is 4.31. The van der Waals surface area contributed by atoms with Crippen molar-refractivity contribution in [2.75, 3.05) is 0 Å². The molecule has 0 aliphatic heterocycles. The maximum absolute atomic E-state index is 12.1. The van der Waals surface area contributed by atoms with Crippen LogP contribution in [0.5, 0.6) is 5.88 Å². The monoisotopic (exact) mass is 401 g/mol. The van der Waals surface area contributed by atoms with E-state index in [9.17, 15) is 9.90 Å². The first-order valence-electron chi connectivity index (χ1n) is 10.1. The lowest BCUT2D eigenvalue weighted by atomic mass is 9.97. The maximum atomic E-state index is 12.1. The zero-order chi connectivity index (χ0) is 20.8. The van der Waals surface area contributed by atoms with Crippen LogP contribution in [0.25, 0.3) is 28.2 Å². The van der Waals surface area contributed by atoms with Gasteiger partial charge < -0.3 is 5.11 Å². The van der Waals surface area contributed by atoms with Crippen LogP contribution in [0.15, 0.2) is 54.0 Å². The van der Waals surface area contributed by atoms with Crippen LogP contribution in [-0.4, -0.2) is 29.2 Å². The summed E-state index contributed by atoms with van der Waals surface area (Å²) in [6, 6.07) is 12.2. The van der Waals surface area contributed by atoms with Crippen molar-refractivity contribution in [3.63, 3.8) is 0 Å². The second-order valence-corrected chi connectivity index (χ2v) is 7.97. The Labute approximate surface area is 173 Å². The number of fused-ring (bicyclic) bond motifs is 1. The summed E-state index contributed by atoms with van der Waals surface area (Å²) in [5.74, 6) is 0.684. The highest BCUT2D eigenvalue weighted by molar-refractivity contribution is 5.92. The molecular weight excluding hydrogens is 378 g/mol.